The van der Waals surface area contributed by atoms with Crippen LogP contribution in [0.3, 0.4) is 0 Å². The Morgan fingerprint density at radius 1 is 1.12 bits per heavy atom. The van der Waals surface area contributed by atoms with E-state index >= 15 is 0 Å². The molecule has 0 aliphatic carbocycles. The second-order valence-electron chi connectivity index (χ2n) is 11.6. The van der Waals surface area contributed by atoms with Gasteiger partial charge in [0, 0.05) is 5.39 Å². The summed E-state index contributed by atoms with van der Waals surface area (Å²) in [5.74, 6) is -0.418. The molecule has 6 atom stereocenters. The first-order chi connectivity index (χ1) is 23.5. The number of aromatic nitrogens is 4. The molecule has 2 aromatic heterocycles. The summed E-state index contributed by atoms with van der Waals surface area (Å²) in [6.07, 6.45) is -2.65. The van der Waals surface area contributed by atoms with E-state index in [-0.39, 0.29) is 35.3 Å². The lowest BCUT2D eigenvalue weighted by molar-refractivity contribution is -0.146. The molecule has 15 nitrogen and oxygen atoms in total. The number of nitrogen functional groups attached to an aromatic ring is 1. The van der Waals surface area contributed by atoms with Crippen molar-refractivity contribution in [3.63, 3.8) is 0 Å². The van der Waals surface area contributed by atoms with Crippen LogP contribution in [-0.2, 0) is 30.0 Å². The van der Waals surface area contributed by atoms with Crippen LogP contribution in [0.4, 0.5) is 5.95 Å². The quantitative estimate of drug-likeness (QED) is 0.102. The zero-order valence-corrected chi connectivity index (χ0v) is 27.9. The number of rotatable bonds is 13. The highest BCUT2D eigenvalue weighted by molar-refractivity contribution is 7.52. The fraction of sp³-hybridized carbons (Fsp3) is 0.333. The monoisotopic (exact) mass is 692 g/mol. The van der Waals surface area contributed by atoms with Crippen LogP contribution in [0.5, 0.6) is 11.6 Å². The van der Waals surface area contributed by atoms with Crippen molar-refractivity contribution in [1.82, 2.24) is 24.6 Å². The van der Waals surface area contributed by atoms with Gasteiger partial charge in [0.05, 0.1) is 19.5 Å². The van der Waals surface area contributed by atoms with E-state index in [1.165, 1.54) is 24.7 Å². The van der Waals surface area contributed by atoms with E-state index in [0.717, 1.165) is 10.9 Å². The Balaban J connectivity index is 1.24. The third-order valence-electron chi connectivity index (χ3n) is 8.00. The van der Waals surface area contributed by atoms with Gasteiger partial charge in [-0.25, -0.2) is 9.55 Å². The minimum Gasteiger partial charge on any atom is -0.476 e. The molecular weight excluding hydrogens is 655 g/mol. The number of hydrogen-bond acceptors (Lipinski definition) is 13. The van der Waals surface area contributed by atoms with E-state index in [1.54, 1.807) is 31.2 Å². The minimum atomic E-state index is -4.41. The third kappa shape index (κ3) is 7.22. The number of aliphatic hydroxyl groups excluding tert-OH is 1. The van der Waals surface area contributed by atoms with E-state index in [0.29, 0.717) is 12.0 Å². The predicted octanol–water partition coefficient (Wildman–Crippen LogP) is 3.89. The topological polar surface area (TPSA) is 202 Å². The maximum absolute atomic E-state index is 14.4. The summed E-state index contributed by atoms with van der Waals surface area (Å²) in [5.41, 5.74) is 5.25. The molecule has 0 radical (unpaired) electrons. The normalized spacial score (nSPS) is 22.5. The molecule has 49 heavy (non-hydrogen) atoms. The molecule has 1 saturated heterocycles. The van der Waals surface area contributed by atoms with Gasteiger partial charge in [-0.15, -0.1) is 0 Å². The SMILES string of the molecule is CCOc1nc(N)nc2c1ncn2[C@@H]1O[C@H](COP(=O)(N[C@@H](C)C(=O)OCc2ccccc2)Oc2cccc3ccccc23)[C@@H](O)[C@@]1(C)O. The van der Waals surface area contributed by atoms with Crippen LogP contribution in [0.2, 0.25) is 0 Å². The number of imidazole rings is 1. The summed E-state index contributed by atoms with van der Waals surface area (Å²) in [7, 11) is -4.41. The molecule has 0 saturated carbocycles. The maximum Gasteiger partial charge on any atom is 0.459 e. The van der Waals surface area contributed by atoms with Gasteiger partial charge in [-0.2, -0.15) is 15.1 Å². The van der Waals surface area contributed by atoms with Gasteiger partial charge in [-0.05, 0) is 37.8 Å². The summed E-state index contributed by atoms with van der Waals surface area (Å²) in [6, 6.07) is 20.5. The van der Waals surface area contributed by atoms with Crippen LogP contribution in [0.15, 0.2) is 79.1 Å². The molecule has 3 heterocycles. The van der Waals surface area contributed by atoms with Crippen molar-refractivity contribution in [2.24, 2.45) is 0 Å². The van der Waals surface area contributed by atoms with Gasteiger partial charge in [0.1, 0.15) is 36.2 Å². The summed E-state index contributed by atoms with van der Waals surface area (Å²) >= 11 is 0. The molecule has 1 aliphatic rings. The number of carbonyl (C=O) groups is 1. The molecule has 1 aliphatic heterocycles. The number of fused-ring (bicyclic) bond motifs is 2. The number of aliphatic hydroxyl groups is 2. The minimum absolute atomic E-state index is 0.00513. The molecule has 5 aromatic rings. The lowest BCUT2D eigenvalue weighted by Gasteiger charge is -2.27. The Morgan fingerprint density at radius 2 is 1.86 bits per heavy atom. The van der Waals surface area contributed by atoms with Crippen molar-refractivity contribution in [2.75, 3.05) is 18.9 Å². The summed E-state index contributed by atoms with van der Waals surface area (Å²) < 4.78 is 44.8. The van der Waals surface area contributed by atoms with Gasteiger partial charge in [-0.3, -0.25) is 13.9 Å². The molecule has 5 N–H and O–H groups in total. The summed E-state index contributed by atoms with van der Waals surface area (Å²) in [4.78, 5) is 25.6. The van der Waals surface area contributed by atoms with Crippen molar-refractivity contribution < 1.29 is 42.8 Å². The molecular formula is C33H37N6O9P. The van der Waals surface area contributed by atoms with Gasteiger partial charge in [0.2, 0.25) is 11.8 Å². The van der Waals surface area contributed by atoms with Gasteiger partial charge < -0.3 is 34.7 Å². The average molecular weight is 693 g/mol. The zero-order valence-electron chi connectivity index (χ0n) is 27.0. The Labute approximate surface area is 281 Å². The Bertz CT molecular complexity index is 1990. The molecule has 1 unspecified atom stereocenters. The lowest BCUT2D eigenvalue weighted by atomic mass is 9.96. The van der Waals surface area contributed by atoms with E-state index < -0.39 is 50.4 Å². The first-order valence-electron chi connectivity index (χ1n) is 15.6. The third-order valence-corrected chi connectivity index (χ3v) is 9.63. The Morgan fingerprint density at radius 3 is 2.63 bits per heavy atom. The van der Waals surface area contributed by atoms with Crippen molar-refractivity contribution >= 4 is 41.6 Å². The van der Waals surface area contributed by atoms with Crippen LogP contribution in [-0.4, -0.2) is 72.8 Å². The standard InChI is InChI=1S/C33H37N6O9P/c1-4-44-29-26-28(36-32(34)37-29)39(19-35-26)31-33(3,42)27(40)25(47-31)18-46-49(43,48-24-16-10-14-22-13-8-9-15-23(22)24)38-20(2)30(41)45-17-21-11-6-5-7-12-21/h5-16,19-20,25,27,31,40,42H,4,17-18H2,1-3H3,(H,38,43)(H2,34,36,37)/t20-,25+,27+,31+,33+,49?/m0/s1. The van der Waals surface area contributed by atoms with Gasteiger partial charge >= 0.3 is 13.7 Å². The molecule has 258 valence electrons. The van der Waals surface area contributed by atoms with Crippen LogP contribution in [0, 0.1) is 0 Å². The predicted molar refractivity (Wildman–Crippen MR) is 178 cm³/mol. The number of ether oxygens (including phenoxy) is 3. The number of nitrogens with one attached hydrogen (secondary N) is 1. The Kier molecular flexibility index (Phi) is 9.84. The molecule has 0 bridgehead atoms. The van der Waals surface area contributed by atoms with Crippen LogP contribution >= 0.6 is 7.75 Å². The van der Waals surface area contributed by atoms with Gasteiger partial charge in [0.25, 0.3) is 0 Å². The van der Waals surface area contributed by atoms with E-state index in [2.05, 4.69) is 20.0 Å². The second kappa shape index (κ2) is 14.1. The maximum atomic E-state index is 14.4. The van der Waals surface area contributed by atoms with Crippen molar-refractivity contribution in [3.05, 3.63) is 84.7 Å². The van der Waals surface area contributed by atoms with Gasteiger partial charge in [-0.1, -0.05) is 66.7 Å². The summed E-state index contributed by atoms with van der Waals surface area (Å²) in [5, 5.41) is 26.8. The van der Waals surface area contributed by atoms with Crippen LogP contribution < -0.4 is 20.1 Å². The highest BCUT2D eigenvalue weighted by atomic mass is 31.2. The molecule has 0 spiro atoms. The number of nitrogens with zero attached hydrogens (tertiary/aromatic N) is 4. The number of anilines is 1. The molecule has 16 heteroatoms. The molecule has 6 rings (SSSR count). The first kappa shape index (κ1) is 34.2. The highest BCUT2D eigenvalue weighted by Crippen LogP contribution is 2.48. The zero-order chi connectivity index (χ0) is 34.8. The highest BCUT2D eigenvalue weighted by Gasteiger charge is 2.54. The van der Waals surface area contributed by atoms with E-state index in [1.807, 2.05) is 48.5 Å². The average Bonchev–Trinajstić information content (AvgIpc) is 3.60. The number of nitrogens with two attached hydrogens (primary N) is 1. The number of hydrogen-bond donors (Lipinski definition) is 4. The number of esters is 1. The lowest BCUT2D eigenvalue weighted by Crippen LogP contribution is -2.44. The Hall–Kier alpha value is -4.63. The second-order valence-corrected chi connectivity index (χ2v) is 13.3. The molecule has 0 amide bonds. The molecule has 3 aromatic carbocycles. The molecule has 1 fully saturated rings. The van der Waals surface area contributed by atoms with Crippen LogP contribution in [0.1, 0.15) is 32.6 Å². The summed E-state index contributed by atoms with van der Waals surface area (Å²) in [6.45, 7) is 4.39. The van der Waals surface area contributed by atoms with Crippen molar-refractivity contribution in [3.8, 4) is 11.6 Å². The number of benzene rings is 3. The smallest absolute Gasteiger partial charge is 0.459 e. The number of carbonyl (C=O) groups excluding carboxylic acids is 1. The van der Waals surface area contributed by atoms with Gasteiger partial charge in [0.15, 0.2) is 17.4 Å². The van der Waals surface area contributed by atoms with Crippen molar-refractivity contribution in [2.45, 2.75) is 57.5 Å². The van der Waals surface area contributed by atoms with E-state index in [9.17, 15) is 19.6 Å². The largest absolute Gasteiger partial charge is 0.476 e. The fourth-order valence-corrected chi connectivity index (χ4v) is 7.02. The van der Waals surface area contributed by atoms with Crippen molar-refractivity contribution in [1.29, 1.82) is 0 Å². The fourth-order valence-electron chi connectivity index (χ4n) is 5.50. The van der Waals surface area contributed by atoms with Crippen LogP contribution in [0.25, 0.3) is 21.9 Å². The van der Waals surface area contributed by atoms with E-state index in [4.69, 9.17) is 29.0 Å². The first-order valence-corrected chi connectivity index (χ1v) is 17.1.